The minimum absolute atomic E-state index is 0.00287. The Morgan fingerprint density at radius 1 is 1.19 bits per heavy atom. The van der Waals surface area contributed by atoms with Gasteiger partial charge in [-0.25, -0.2) is 19.5 Å². The number of halogens is 4. The van der Waals surface area contributed by atoms with E-state index in [0.717, 1.165) is 16.9 Å². The molecule has 0 aliphatic heterocycles. The average molecular weight is 499 g/mol. The fourth-order valence-corrected chi connectivity index (χ4v) is 4.06. The molecule has 184 valence electrons. The van der Waals surface area contributed by atoms with E-state index < -0.39 is 23.6 Å². The minimum Gasteiger partial charge on any atom is -0.384 e. The summed E-state index contributed by atoms with van der Waals surface area (Å²) in [7, 11) is 0. The number of aromatic nitrogens is 5. The van der Waals surface area contributed by atoms with Gasteiger partial charge in [0.15, 0.2) is 5.69 Å². The third-order valence-corrected chi connectivity index (χ3v) is 5.56. The lowest BCUT2D eigenvalue weighted by Gasteiger charge is -2.13. The van der Waals surface area contributed by atoms with Gasteiger partial charge in [0.05, 0.1) is 27.8 Å². The third kappa shape index (κ3) is 3.88. The molecule has 5 aromatic rings. The molecule has 4 N–H and O–H groups in total. The number of pyridine rings is 2. The fraction of sp³-hybridized carbons (Fsp3) is 0.130. The van der Waals surface area contributed by atoms with Crippen molar-refractivity contribution < 1.29 is 27.6 Å². The molecule has 0 aliphatic carbocycles. The van der Waals surface area contributed by atoms with E-state index in [0.29, 0.717) is 34.1 Å². The number of nitrogens with zero attached hydrogens (tertiary/aromatic N) is 4. The molecule has 1 aromatic carbocycles. The summed E-state index contributed by atoms with van der Waals surface area (Å²) in [6.45, 7) is 2.34. The van der Waals surface area contributed by atoms with E-state index in [9.17, 15) is 22.4 Å². The van der Waals surface area contributed by atoms with E-state index in [-0.39, 0.29) is 22.5 Å². The highest BCUT2D eigenvalue weighted by Gasteiger charge is 2.34. The largest absolute Gasteiger partial charge is 0.435 e. The first-order chi connectivity index (χ1) is 17.2. The number of hydrogen-bond acceptors (Lipinski definition) is 6. The summed E-state index contributed by atoms with van der Waals surface area (Å²) in [4.78, 5) is 23.5. The quantitative estimate of drug-likeness (QED) is 0.158. The minimum atomic E-state index is -4.69. The van der Waals surface area contributed by atoms with Gasteiger partial charge in [0.1, 0.15) is 11.5 Å². The molecular weight excluding hydrogens is 482 g/mol. The predicted octanol–water partition coefficient (Wildman–Crippen LogP) is 4.67. The Morgan fingerprint density at radius 2 is 2.00 bits per heavy atom. The van der Waals surface area contributed by atoms with Crippen molar-refractivity contribution in [2.45, 2.75) is 13.1 Å². The highest BCUT2D eigenvalue weighted by atomic mass is 19.4. The molecule has 5 rings (SSSR count). The van der Waals surface area contributed by atoms with Crippen LogP contribution in [0.4, 0.5) is 23.2 Å². The summed E-state index contributed by atoms with van der Waals surface area (Å²) < 4.78 is 55.8. The second-order valence-corrected chi connectivity index (χ2v) is 7.82. The molecule has 0 bridgehead atoms. The molecule has 4 heterocycles. The first-order valence-corrected chi connectivity index (χ1v) is 10.6. The van der Waals surface area contributed by atoms with Gasteiger partial charge in [-0.3, -0.25) is 15.0 Å². The molecule has 0 radical (unpaired) electrons. The number of benzene rings is 1. The first kappa shape index (κ1) is 23.2. The monoisotopic (exact) mass is 499 g/mol. The fourth-order valence-electron chi connectivity index (χ4n) is 4.06. The van der Waals surface area contributed by atoms with Gasteiger partial charge in [0.2, 0.25) is 0 Å². The van der Waals surface area contributed by atoms with Crippen LogP contribution in [0.25, 0.3) is 38.8 Å². The van der Waals surface area contributed by atoms with Crippen molar-refractivity contribution in [1.29, 1.82) is 0 Å². The Kier molecular flexibility index (Phi) is 5.55. The molecule has 0 spiro atoms. The molecule has 9 nitrogen and oxygen atoms in total. The number of alkyl halides is 3. The Labute approximate surface area is 199 Å². The topological polar surface area (TPSA) is 121 Å². The Balaban J connectivity index is 1.88. The number of H-pyrrole nitrogens is 1. The molecule has 0 fully saturated rings. The van der Waals surface area contributed by atoms with E-state index in [4.69, 9.17) is 5.21 Å². The molecule has 4 aromatic heterocycles. The second kappa shape index (κ2) is 8.61. The zero-order valence-corrected chi connectivity index (χ0v) is 18.5. The van der Waals surface area contributed by atoms with Gasteiger partial charge in [-0.1, -0.05) is 0 Å². The van der Waals surface area contributed by atoms with Crippen LogP contribution in [-0.4, -0.2) is 42.4 Å². The number of nitrogens with one attached hydrogen (secondary N) is 3. The van der Waals surface area contributed by atoms with Gasteiger partial charge in [-0.05, 0) is 31.2 Å². The normalized spacial score (nSPS) is 11.8. The van der Waals surface area contributed by atoms with E-state index in [1.54, 1.807) is 0 Å². The summed E-state index contributed by atoms with van der Waals surface area (Å²) in [5, 5.41) is 16.5. The number of carbonyl (C=O) groups excluding carboxylic acids is 1. The summed E-state index contributed by atoms with van der Waals surface area (Å²) in [6, 6.07) is 4.77. The number of fused-ring (bicyclic) bond motifs is 3. The van der Waals surface area contributed by atoms with E-state index in [1.165, 1.54) is 42.3 Å². The molecular formula is C23H17F4N7O2. The number of amides is 1. The highest BCUT2D eigenvalue weighted by Crippen LogP contribution is 2.39. The Bertz CT molecular complexity index is 1620. The predicted molar refractivity (Wildman–Crippen MR) is 122 cm³/mol. The molecule has 0 atom stereocenters. The van der Waals surface area contributed by atoms with Gasteiger partial charge in [0, 0.05) is 47.8 Å². The number of hydrogen-bond donors (Lipinski definition) is 4. The average Bonchev–Trinajstić information content (AvgIpc) is 3.49. The van der Waals surface area contributed by atoms with Crippen molar-refractivity contribution in [2.24, 2.45) is 0 Å². The number of hydroxylamine groups is 1. The van der Waals surface area contributed by atoms with Crippen LogP contribution in [0.5, 0.6) is 0 Å². The van der Waals surface area contributed by atoms with E-state index in [1.807, 2.05) is 6.92 Å². The SMILES string of the molecule is CCNc1cc(F)cc2c1[nH]c1ncc(-c3cncc(C(=O)NO)c3)c(-n3ccc(C(F)(F)F)n3)c12. The third-order valence-electron chi connectivity index (χ3n) is 5.56. The zero-order chi connectivity index (χ0) is 25.6. The Hall–Kier alpha value is -4.52. The summed E-state index contributed by atoms with van der Waals surface area (Å²) >= 11 is 0. The lowest BCUT2D eigenvalue weighted by Crippen LogP contribution is -2.18. The lowest BCUT2D eigenvalue weighted by molar-refractivity contribution is -0.141. The van der Waals surface area contributed by atoms with Crippen LogP contribution in [0, 0.1) is 5.82 Å². The maximum atomic E-state index is 14.6. The first-order valence-electron chi connectivity index (χ1n) is 10.6. The van der Waals surface area contributed by atoms with E-state index >= 15 is 0 Å². The maximum absolute atomic E-state index is 14.6. The summed E-state index contributed by atoms with van der Waals surface area (Å²) in [5.41, 5.74) is 2.38. The van der Waals surface area contributed by atoms with Gasteiger partial charge < -0.3 is 10.3 Å². The second-order valence-electron chi connectivity index (χ2n) is 7.82. The number of carbonyl (C=O) groups is 1. The maximum Gasteiger partial charge on any atom is 0.435 e. The van der Waals surface area contributed by atoms with Crippen molar-refractivity contribution in [3.05, 3.63) is 66.1 Å². The molecule has 36 heavy (non-hydrogen) atoms. The van der Waals surface area contributed by atoms with E-state index in [2.05, 4.69) is 25.4 Å². The van der Waals surface area contributed by atoms with Crippen molar-refractivity contribution >= 4 is 33.5 Å². The number of anilines is 1. The smallest absolute Gasteiger partial charge is 0.384 e. The van der Waals surface area contributed by atoms with Gasteiger partial charge >= 0.3 is 6.18 Å². The molecule has 1 amide bonds. The van der Waals surface area contributed by atoms with Crippen LogP contribution in [0.1, 0.15) is 23.0 Å². The van der Waals surface area contributed by atoms with Crippen molar-refractivity contribution in [1.82, 2.24) is 30.2 Å². The molecule has 0 saturated heterocycles. The lowest BCUT2D eigenvalue weighted by atomic mass is 10.0. The van der Waals surface area contributed by atoms with Crippen LogP contribution < -0.4 is 10.8 Å². The summed E-state index contributed by atoms with van der Waals surface area (Å²) in [5.74, 6) is -1.39. The van der Waals surface area contributed by atoms with Crippen LogP contribution in [0.2, 0.25) is 0 Å². The Morgan fingerprint density at radius 3 is 2.69 bits per heavy atom. The molecule has 0 aliphatic rings. The van der Waals surface area contributed by atoms with Gasteiger partial charge in [0.25, 0.3) is 5.91 Å². The number of rotatable bonds is 5. The molecule has 0 saturated carbocycles. The van der Waals surface area contributed by atoms with Crippen molar-refractivity contribution in [2.75, 3.05) is 11.9 Å². The van der Waals surface area contributed by atoms with Crippen LogP contribution >= 0.6 is 0 Å². The summed E-state index contributed by atoms with van der Waals surface area (Å²) in [6.07, 6.45) is 0.433. The van der Waals surface area contributed by atoms with Gasteiger partial charge in [-0.2, -0.15) is 18.3 Å². The zero-order valence-electron chi connectivity index (χ0n) is 18.5. The van der Waals surface area contributed by atoms with Crippen LogP contribution in [0.3, 0.4) is 0 Å². The van der Waals surface area contributed by atoms with Crippen molar-refractivity contribution in [3.8, 4) is 16.8 Å². The van der Waals surface area contributed by atoms with Crippen molar-refractivity contribution in [3.63, 3.8) is 0 Å². The molecule has 0 unspecified atom stereocenters. The molecule has 13 heteroatoms. The van der Waals surface area contributed by atoms with Crippen LogP contribution in [-0.2, 0) is 6.18 Å². The standard InChI is InChI=1S/C23H17F4N7O2/c1-2-29-16-7-13(24)6-14-18-20(34-4-3-17(32-34)23(25,26)27)15(10-30-21(18)31-19(14)16)11-5-12(9-28-8-11)22(35)33-36/h3-10,29,36H,2H2,1H3,(H,30,31)(H,33,35). The van der Waals surface area contributed by atoms with Gasteiger partial charge in [-0.15, -0.1) is 0 Å². The van der Waals surface area contributed by atoms with Crippen LogP contribution in [0.15, 0.2) is 49.1 Å². The highest BCUT2D eigenvalue weighted by molar-refractivity contribution is 6.15. The number of aromatic amines is 1.